The third-order valence-electron chi connectivity index (χ3n) is 3.07. The Balaban J connectivity index is 2.67. The summed E-state index contributed by atoms with van der Waals surface area (Å²) in [7, 11) is 0. The molecule has 2 rings (SSSR count). The van der Waals surface area contributed by atoms with Crippen molar-refractivity contribution in [3.8, 4) is 0 Å². The van der Waals surface area contributed by atoms with Crippen LogP contribution in [0.1, 0.15) is 60.1 Å². The predicted molar refractivity (Wildman–Crippen MR) is 55.3 cm³/mol. The highest BCUT2D eigenvalue weighted by molar-refractivity contribution is 6.03. The second-order valence-electron chi connectivity index (χ2n) is 4.72. The Morgan fingerprint density at radius 2 is 2.13 bits per heavy atom. The van der Waals surface area contributed by atoms with Gasteiger partial charge < -0.3 is 4.42 Å². The molecule has 1 aromatic heterocycles. The Morgan fingerprint density at radius 3 is 2.73 bits per heavy atom. The van der Waals surface area contributed by atoms with Crippen LogP contribution in [0, 0.1) is 0 Å². The number of Topliss-reactive ketones (excluding diaryl/α,β-unsaturated/α-hetero) is 2. The molecule has 0 radical (unpaired) electrons. The van der Waals surface area contributed by atoms with Crippen molar-refractivity contribution < 1.29 is 14.0 Å². The number of hydrogen-bond acceptors (Lipinski definition) is 3. The smallest absolute Gasteiger partial charge is 0.195 e. The van der Waals surface area contributed by atoms with Crippen molar-refractivity contribution >= 4 is 11.6 Å². The fourth-order valence-electron chi connectivity index (χ4n) is 2.18. The molecule has 1 aliphatic carbocycles. The Kier molecular flexibility index (Phi) is 2.07. The lowest BCUT2D eigenvalue weighted by Crippen LogP contribution is -2.27. The van der Waals surface area contributed by atoms with Gasteiger partial charge >= 0.3 is 0 Å². The molecule has 1 heterocycles. The van der Waals surface area contributed by atoms with E-state index in [0.29, 0.717) is 17.7 Å². The summed E-state index contributed by atoms with van der Waals surface area (Å²) in [5.74, 6) is 0.322. The number of fused-ring (bicyclic) bond motifs is 1. The van der Waals surface area contributed by atoms with Crippen molar-refractivity contribution in [3.05, 3.63) is 23.2 Å². The summed E-state index contributed by atoms with van der Waals surface area (Å²) in [6.07, 6.45) is 2.74. The second-order valence-corrected chi connectivity index (χ2v) is 4.72. The SMILES string of the molecule is CC(=O)c1occ2c1C(C)(C)CCC2=O. The average molecular weight is 206 g/mol. The Labute approximate surface area is 88.5 Å². The molecule has 0 aromatic carbocycles. The Hall–Kier alpha value is -1.38. The summed E-state index contributed by atoms with van der Waals surface area (Å²) in [4.78, 5) is 23.0. The highest BCUT2D eigenvalue weighted by Gasteiger charge is 2.37. The maximum absolute atomic E-state index is 11.6. The molecule has 1 aromatic rings. The Bertz CT molecular complexity index is 424. The molecule has 15 heavy (non-hydrogen) atoms. The topological polar surface area (TPSA) is 47.3 Å². The average Bonchev–Trinajstić information content (AvgIpc) is 2.57. The van der Waals surface area contributed by atoms with Gasteiger partial charge in [0.05, 0.1) is 5.56 Å². The quantitative estimate of drug-likeness (QED) is 0.664. The van der Waals surface area contributed by atoms with Crippen LogP contribution in [0.4, 0.5) is 0 Å². The standard InChI is InChI=1S/C12H14O3/c1-7(13)11-10-8(6-15-11)9(14)4-5-12(10,2)3/h6H,4-5H2,1-3H3. The predicted octanol–water partition coefficient (Wildman–Crippen LogP) is 2.74. The fraction of sp³-hybridized carbons (Fsp3) is 0.500. The summed E-state index contributed by atoms with van der Waals surface area (Å²) in [6.45, 7) is 5.55. The van der Waals surface area contributed by atoms with Crippen LogP contribution in [0.5, 0.6) is 0 Å². The summed E-state index contributed by atoms with van der Waals surface area (Å²) in [5, 5.41) is 0. The molecule has 0 saturated heterocycles. The molecule has 0 fully saturated rings. The van der Waals surface area contributed by atoms with Gasteiger partial charge in [0.1, 0.15) is 6.26 Å². The van der Waals surface area contributed by atoms with Crippen LogP contribution in [0.25, 0.3) is 0 Å². The van der Waals surface area contributed by atoms with Crippen molar-refractivity contribution in [2.45, 2.75) is 39.0 Å². The molecule has 0 N–H and O–H groups in total. The molecule has 0 atom stereocenters. The van der Waals surface area contributed by atoms with Gasteiger partial charge in [-0.25, -0.2) is 0 Å². The van der Waals surface area contributed by atoms with E-state index in [2.05, 4.69) is 0 Å². The molecule has 80 valence electrons. The maximum atomic E-state index is 11.6. The van der Waals surface area contributed by atoms with Gasteiger partial charge in [0, 0.05) is 18.9 Å². The molecule has 0 aliphatic heterocycles. The van der Waals surface area contributed by atoms with Crippen molar-refractivity contribution in [3.63, 3.8) is 0 Å². The Morgan fingerprint density at radius 1 is 1.47 bits per heavy atom. The first-order chi connectivity index (χ1) is 6.93. The van der Waals surface area contributed by atoms with E-state index in [-0.39, 0.29) is 17.0 Å². The second kappa shape index (κ2) is 3.05. The zero-order chi connectivity index (χ0) is 11.2. The minimum absolute atomic E-state index is 0.0839. The molecule has 3 nitrogen and oxygen atoms in total. The first-order valence-electron chi connectivity index (χ1n) is 5.09. The summed E-state index contributed by atoms with van der Waals surface area (Å²) in [5.41, 5.74) is 1.25. The zero-order valence-corrected chi connectivity index (χ0v) is 9.22. The van der Waals surface area contributed by atoms with Crippen LogP contribution >= 0.6 is 0 Å². The molecule has 1 aliphatic rings. The van der Waals surface area contributed by atoms with Crippen LogP contribution in [0.15, 0.2) is 10.7 Å². The van der Waals surface area contributed by atoms with Gasteiger partial charge in [-0.15, -0.1) is 0 Å². The lowest BCUT2D eigenvalue weighted by molar-refractivity contribution is 0.0957. The lowest BCUT2D eigenvalue weighted by Gasteiger charge is -2.29. The van der Waals surface area contributed by atoms with E-state index in [1.165, 1.54) is 13.2 Å². The third-order valence-corrected chi connectivity index (χ3v) is 3.07. The van der Waals surface area contributed by atoms with Gasteiger partial charge in [0.15, 0.2) is 17.3 Å². The van der Waals surface area contributed by atoms with Gasteiger partial charge in [-0.1, -0.05) is 13.8 Å². The number of carbonyl (C=O) groups excluding carboxylic acids is 2. The van der Waals surface area contributed by atoms with Gasteiger partial charge in [-0.2, -0.15) is 0 Å². The third kappa shape index (κ3) is 1.42. The van der Waals surface area contributed by atoms with Crippen LogP contribution < -0.4 is 0 Å². The van der Waals surface area contributed by atoms with Gasteiger partial charge in [-0.05, 0) is 11.8 Å². The number of ketones is 2. The zero-order valence-electron chi connectivity index (χ0n) is 9.22. The van der Waals surface area contributed by atoms with Crippen LogP contribution in [-0.4, -0.2) is 11.6 Å². The number of rotatable bonds is 1. The van der Waals surface area contributed by atoms with Gasteiger partial charge in [0.25, 0.3) is 0 Å². The highest BCUT2D eigenvalue weighted by Crippen LogP contribution is 2.39. The minimum Gasteiger partial charge on any atom is -0.460 e. The maximum Gasteiger partial charge on any atom is 0.195 e. The fourth-order valence-corrected chi connectivity index (χ4v) is 2.18. The van der Waals surface area contributed by atoms with Crippen molar-refractivity contribution in [1.29, 1.82) is 0 Å². The summed E-state index contributed by atoms with van der Waals surface area (Å²) in [6, 6.07) is 0. The monoisotopic (exact) mass is 206 g/mol. The molecular weight excluding hydrogens is 192 g/mol. The molecule has 0 saturated carbocycles. The molecule has 3 heteroatoms. The molecular formula is C12H14O3. The van der Waals surface area contributed by atoms with E-state index in [0.717, 1.165) is 12.0 Å². The van der Waals surface area contributed by atoms with Crippen molar-refractivity contribution in [2.24, 2.45) is 0 Å². The van der Waals surface area contributed by atoms with Crippen LogP contribution in [0.3, 0.4) is 0 Å². The highest BCUT2D eigenvalue weighted by atomic mass is 16.3. The number of carbonyl (C=O) groups is 2. The van der Waals surface area contributed by atoms with Crippen LogP contribution in [-0.2, 0) is 5.41 Å². The van der Waals surface area contributed by atoms with E-state index in [9.17, 15) is 9.59 Å². The van der Waals surface area contributed by atoms with Gasteiger partial charge in [-0.3, -0.25) is 9.59 Å². The summed E-state index contributed by atoms with van der Waals surface area (Å²) < 4.78 is 5.21. The van der Waals surface area contributed by atoms with E-state index in [1.54, 1.807) is 0 Å². The number of furan rings is 1. The van der Waals surface area contributed by atoms with Crippen LogP contribution in [0.2, 0.25) is 0 Å². The first kappa shape index (κ1) is 10.1. The number of hydrogen-bond donors (Lipinski definition) is 0. The lowest BCUT2D eigenvalue weighted by atomic mass is 9.72. The largest absolute Gasteiger partial charge is 0.460 e. The van der Waals surface area contributed by atoms with E-state index in [4.69, 9.17) is 4.42 Å². The molecule has 0 spiro atoms. The first-order valence-corrected chi connectivity index (χ1v) is 5.09. The molecule has 0 unspecified atom stereocenters. The van der Waals surface area contributed by atoms with Crippen molar-refractivity contribution in [2.75, 3.05) is 0 Å². The van der Waals surface area contributed by atoms with E-state index >= 15 is 0 Å². The molecule has 0 amide bonds. The normalized spacial score (nSPS) is 18.7. The summed E-state index contributed by atoms with van der Waals surface area (Å²) >= 11 is 0. The van der Waals surface area contributed by atoms with Crippen molar-refractivity contribution in [1.82, 2.24) is 0 Å². The minimum atomic E-state index is -0.142. The molecule has 0 bridgehead atoms. The van der Waals surface area contributed by atoms with Gasteiger partial charge in [0.2, 0.25) is 0 Å². The van der Waals surface area contributed by atoms with E-state index in [1.807, 2.05) is 13.8 Å². The van der Waals surface area contributed by atoms with E-state index < -0.39 is 0 Å².